The average Bonchev–Trinajstić information content (AvgIpc) is 2.97. The Morgan fingerprint density at radius 1 is 1.24 bits per heavy atom. The summed E-state index contributed by atoms with van der Waals surface area (Å²) in [6.07, 6.45) is 6.56. The van der Waals surface area contributed by atoms with Crippen LogP contribution in [0.15, 0.2) is 30.5 Å². The highest BCUT2D eigenvalue weighted by Crippen LogP contribution is 2.36. The van der Waals surface area contributed by atoms with Crippen molar-refractivity contribution in [1.82, 2.24) is 9.29 Å². The lowest BCUT2D eigenvalue weighted by molar-refractivity contribution is -0.0494. The Bertz CT molecular complexity index is 892. The van der Waals surface area contributed by atoms with E-state index in [4.69, 9.17) is 0 Å². The van der Waals surface area contributed by atoms with Crippen LogP contribution in [-0.2, 0) is 10.0 Å². The molecule has 136 valence electrons. The maximum Gasteiger partial charge on any atom is 0.511 e. The van der Waals surface area contributed by atoms with E-state index in [-0.39, 0.29) is 19.0 Å². The number of alkyl halides is 3. The molecule has 1 aromatic heterocycles. The number of halogens is 3. The number of benzene rings is 1. The first-order valence-electron chi connectivity index (χ1n) is 8.04. The Kier molecular flexibility index (Phi) is 4.68. The van der Waals surface area contributed by atoms with Gasteiger partial charge in [-0.3, -0.25) is 0 Å². The van der Waals surface area contributed by atoms with E-state index < -0.39 is 15.5 Å². The van der Waals surface area contributed by atoms with Crippen LogP contribution in [0.5, 0.6) is 0 Å². The van der Waals surface area contributed by atoms with E-state index in [1.807, 2.05) is 43.5 Å². The minimum atomic E-state index is -5.23. The number of aromatic nitrogens is 1. The Labute approximate surface area is 144 Å². The molecule has 1 fully saturated rings. The van der Waals surface area contributed by atoms with Gasteiger partial charge in [-0.05, 0) is 42.9 Å². The summed E-state index contributed by atoms with van der Waals surface area (Å²) in [6.45, 7) is 1.71. The number of nitrogens with one attached hydrogen (secondary N) is 1. The fourth-order valence-corrected chi connectivity index (χ4v) is 4.34. The first kappa shape index (κ1) is 18.0. The lowest BCUT2D eigenvalue weighted by Gasteiger charge is -2.31. The van der Waals surface area contributed by atoms with Crippen LogP contribution >= 0.6 is 0 Å². The van der Waals surface area contributed by atoms with Crippen molar-refractivity contribution in [3.8, 4) is 0 Å². The van der Waals surface area contributed by atoms with Crippen LogP contribution in [0.3, 0.4) is 0 Å². The Hall–Kier alpha value is -1.80. The molecule has 0 spiro atoms. The number of allylic oxidation sites excluding steroid dienone is 1. The number of H-pyrrole nitrogens is 1. The van der Waals surface area contributed by atoms with Gasteiger partial charge in [-0.2, -0.15) is 17.5 Å². The predicted octanol–water partition coefficient (Wildman–Crippen LogP) is 4.23. The minimum absolute atomic E-state index is 0.0426. The molecule has 1 saturated heterocycles. The van der Waals surface area contributed by atoms with E-state index in [1.165, 1.54) is 0 Å². The second-order valence-electron chi connectivity index (χ2n) is 6.17. The molecule has 1 N–H and O–H groups in total. The van der Waals surface area contributed by atoms with Crippen LogP contribution in [-0.4, -0.2) is 36.3 Å². The van der Waals surface area contributed by atoms with Crippen molar-refractivity contribution < 1.29 is 21.6 Å². The van der Waals surface area contributed by atoms with Crippen molar-refractivity contribution in [2.75, 3.05) is 13.1 Å². The van der Waals surface area contributed by atoms with Crippen LogP contribution in [0.25, 0.3) is 17.0 Å². The van der Waals surface area contributed by atoms with E-state index in [0.29, 0.717) is 17.1 Å². The van der Waals surface area contributed by atoms with Crippen LogP contribution in [0.1, 0.15) is 36.8 Å². The van der Waals surface area contributed by atoms with Gasteiger partial charge in [0.2, 0.25) is 0 Å². The minimum Gasteiger partial charge on any atom is -0.361 e. The number of piperidine rings is 1. The Morgan fingerprint density at radius 3 is 2.52 bits per heavy atom. The van der Waals surface area contributed by atoms with Gasteiger partial charge in [0.25, 0.3) is 0 Å². The standard InChI is InChI=1S/C17H19F3N2O2S/c1-2-3-12-4-5-14-15(11-21-16(14)10-12)13-6-8-22(9-7-13)25(23,24)17(18,19)20/h2-5,10-11,13,21H,6-9H2,1H3. The predicted molar refractivity (Wildman–Crippen MR) is 91.5 cm³/mol. The van der Waals surface area contributed by atoms with E-state index in [2.05, 4.69) is 4.98 Å². The quantitative estimate of drug-likeness (QED) is 0.877. The fourth-order valence-electron chi connectivity index (χ4n) is 3.35. The summed E-state index contributed by atoms with van der Waals surface area (Å²) >= 11 is 0. The van der Waals surface area contributed by atoms with Crippen LogP contribution in [0.2, 0.25) is 0 Å². The van der Waals surface area contributed by atoms with E-state index in [1.54, 1.807) is 0 Å². The number of fused-ring (bicyclic) bond motifs is 1. The topological polar surface area (TPSA) is 53.2 Å². The van der Waals surface area contributed by atoms with Gasteiger partial charge in [-0.25, -0.2) is 8.42 Å². The largest absolute Gasteiger partial charge is 0.511 e. The maximum atomic E-state index is 12.7. The van der Waals surface area contributed by atoms with Crippen molar-refractivity contribution >= 4 is 27.0 Å². The Balaban J connectivity index is 1.79. The molecular formula is C17H19F3N2O2S. The number of sulfonamides is 1. The van der Waals surface area contributed by atoms with Crippen LogP contribution in [0.4, 0.5) is 13.2 Å². The molecule has 2 aromatic rings. The molecule has 2 heterocycles. The van der Waals surface area contributed by atoms with Gasteiger partial charge >= 0.3 is 15.5 Å². The molecule has 3 rings (SSSR count). The second kappa shape index (κ2) is 6.49. The maximum absolute atomic E-state index is 12.7. The zero-order valence-electron chi connectivity index (χ0n) is 13.7. The lowest BCUT2D eigenvalue weighted by Crippen LogP contribution is -2.44. The summed E-state index contributed by atoms with van der Waals surface area (Å²) < 4.78 is 61.5. The number of nitrogens with zero attached hydrogens (tertiary/aromatic N) is 1. The summed E-state index contributed by atoms with van der Waals surface area (Å²) in [4.78, 5) is 3.20. The van der Waals surface area contributed by atoms with Crippen molar-refractivity contribution in [3.05, 3.63) is 41.6 Å². The summed E-state index contributed by atoms with van der Waals surface area (Å²) in [6, 6.07) is 6.00. The Morgan fingerprint density at radius 2 is 1.92 bits per heavy atom. The molecule has 0 saturated carbocycles. The summed E-state index contributed by atoms with van der Waals surface area (Å²) in [7, 11) is -5.23. The molecule has 0 atom stereocenters. The molecule has 1 aliphatic heterocycles. The third kappa shape index (κ3) is 3.32. The van der Waals surface area contributed by atoms with Gasteiger partial charge in [0, 0.05) is 30.2 Å². The normalized spacial score (nSPS) is 18.4. The number of rotatable bonds is 3. The number of aromatic amines is 1. The molecule has 1 aromatic carbocycles. The highest BCUT2D eigenvalue weighted by Gasteiger charge is 2.50. The van der Waals surface area contributed by atoms with E-state index >= 15 is 0 Å². The van der Waals surface area contributed by atoms with Gasteiger partial charge in [0.15, 0.2) is 0 Å². The SMILES string of the molecule is CC=Cc1ccc2c(C3CCN(S(=O)(=O)C(F)(F)F)CC3)c[nH]c2c1. The first-order chi connectivity index (χ1) is 11.7. The molecule has 1 aliphatic rings. The molecule has 0 bridgehead atoms. The summed E-state index contributed by atoms with van der Waals surface area (Å²) in [5, 5.41) is 1.03. The van der Waals surface area contributed by atoms with Crippen molar-refractivity contribution in [2.24, 2.45) is 0 Å². The molecular weight excluding hydrogens is 353 g/mol. The third-order valence-corrected chi connectivity index (χ3v) is 6.25. The first-order valence-corrected chi connectivity index (χ1v) is 9.48. The summed E-state index contributed by atoms with van der Waals surface area (Å²) in [5.41, 5.74) is -2.17. The monoisotopic (exact) mass is 372 g/mol. The van der Waals surface area contributed by atoms with E-state index in [0.717, 1.165) is 22.0 Å². The van der Waals surface area contributed by atoms with Crippen molar-refractivity contribution in [2.45, 2.75) is 31.2 Å². The molecule has 0 aliphatic carbocycles. The average molecular weight is 372 g/mol. The highest BCUT2D eigenvalue weighted by atomic mass is 32.2. The highest BCUT2D eigenvalue weighted by molar-refractivity contribution is 7.90. The fraction of sp³-hybridized carbons (Fsp3) is 0.412. The number of hydrogen-bond donors (Lipinski definition) is 1. The molecule has 0 radical (unpaired) electrons. The zero-order valence-corrected chi connectivity index (χ0v) is 14.5. The van der Waals surface area contributed by atoms with Gasteiger partial charge in [-0.1, -0.05) is 24.3 Å². The lowest BCUT2D eigenvalue weighted by atomic mass is 9.90. The molecule has 0 unspecified atom stereocenters. The van der Waals surface area contributed by atoms with Crippen molar-refractivity contribution in [1.29, 1.82) is 0 Å². The number of hydrogen-bond acceptors (Lipinski definition) is 2. The molecule has 0 amide bonds. The van der Waals surface area contributed by atoms with Crippen LogP contribution in [0, 0.1) is 0 Å². The van der Waals surface area contributed by atoms with E-state index in [9.17, 15) is 21.6 Å². The van der Waals surface area contributed by atoms with Gasteiger partial charge < -0.3 is 4.98 Å². The zero-order chi connectivity index (χ0) is 18.2. The smallest absolute Gasteiger partial charge is 0.361 e. The molecule has 8 heteroatoms. The van der Waals surface area contributed by atoms with Crippen LogP contribution < -0.4 is 0 Å². The third-order valence-electron chi connectivity index (χ3n) is 4.62. The van der Waals surface area contributed by atoms with Gasteiger partial charge in [-0.15, -0.1) is 0 Å². The van der Waals surface area contributed by atoms with Gasteiger partial charge in [0.1, 0.15) is 0 Å². The molecule has 4 nitrogen and oxygen atoms in total. The second-order valence-corrected chi connectivity index (χ2v) is 8.10. The molecule has 25 heavy (non-hydrogen) atoms. The summed E-state index contributed by atoms with van der Waals surface area (Å²) in [5.74, 6) is 0.0426. The van der Waals surface area contributed by atoms with Crippen molar-refractivity contribution in [3.63, 3.8) is 0 Å². The van der Waals surface area contributed by atoms with Gasteiger partial charge in [0.05, 0.1) is 0 Å².